The number of rotatable bonds is 8. The molecule has 1 atom stereocenters. The Morgan fingerprint density at radius 1 is 1.14 bits per heavy atom. The molecule has 2 amide bonds. The van der Waals surface area contributed by atoms with E-state index in [2.05, 4.69) is 54.9 Å². The number of likely N-dealkylation sites (tertiary alicyclic amines) is 1. The molecule has 1 saturated heterocycles. The predicted octanol–water partition coefficient (Wildman–Crippen LogP) is 5.01. The van der Waals surface area contributed by atoms with E-state index in [-0.39, 0.29) is 29.3 Å². The highest BCUT2D eigenvalue weighted by molar-refractivity contribution is 5.95. The summed E-state index contributed by atoms with van der Waals surface area (Å²) in [6, 6.07) is 11.7. The number of hydrogen-bond acceptors (Lipinski definition) is 4. The number of benzene rings is 1. The largest absolute Gasteiger partial charge is 0.364 e. The van der Waals surface area contributed by atoms with Crippen molar-refractivity contribution in [2.45, 2.75) is 65.0 Å². The second kappa shape index (κ2) is 11.3. The molecule has 3 aromatic rings. The normalized spacial score (nSPS) is 15.7. The molecule has 1 fully saturated rings. The number of nitrogens with one attached hydrogen (secondary N) is 2. The Labute approximate surface area is 220 Å². The van der Waals surface area contributed by atoms with Crippen LogP contribution < -0.4 is 5.32 Å². The fraction of sp³-hybridized carbons (Fsp3) is 0.483. The van der Waals surface area contributed by atoms with Gasteiger partial charge in [0.25, 0.3) is 5.91 Å². The topological polar surface area (TPSA) is 86.3 Å². The molecule has 2 N–H and O–H groups in total. The highest BCUT2D eigenvalue weighted by Gasteiger charge is 2.28. The van der Waals surface area contributed by atoms with Crippen molar-refractivity contribution in [3.8, 4) is 0 Å². The molecule has 0 aliphatic carbocycles. The van der Waals surface area contributed by atoms with Crippen LogP contribution in [0.25, 0.3) is 0 Å². The number of piperidine rings is 1. The Balaban J connectivity index is 1.37. The number of hydrogen-bond donors (Lipinski definition) is 2. The Morgan fingerprint density at radius 2 is 1.81 bits per heavy atom. The Kier molecular flexibility index (Phi) is 8.17. The van der Waals surface area contributed by atoms with Crippen LogP contribution >= 0.6 is 0 Å². The quantitative estimate of drug-likeness (QED) is 0.452. The fourth-order valence-electron chi connectivity index (χ4n) is 5.03. The van der Waals surface area contributed by atoms with Gasteiger partial charge in [-0.3, -0.25) is 19.2 Å². The van der Waals surface area contributed by atoms with Gasteiger partial charge in [0.1, 0.15) is 6.04 Å². The minimum Gasteiger partial charge on any atom is -0.364 e. The van der Waals surface area contributed by atoms with Crippen molar-refractivity contribution in [2.24, 2.45) is 0 Å². The van der Waals surface area contributed by atoms with Crippen LogP contribution in [-0.4, -0.2) is 62.6 Å². The lowest BCUT2D eigenvalue weighted by Gasteiger charge is -2.32. The average molecular weight is 505 g/mol. The molecule has 1 unspecified atom stereocenters. The molecule has 37 heavy (non-hydrogen) atoms. The molecule has 4 rings (SSSR count). The lowest BCUT2D eigenvalue weighted by Crippen LogP contribution is -2.39. The van der Waals surface area contributed by atoms with Gasteiger partial charge in [-0.25, -0.2) is 0 Å². The van der Waals surface area contributed by atoms with E-state index in [1.54, 1.807) is 6.20 Å². The van der Waals surface area contributed by atoms with Crippen molar-refractivity contribution in [2.75, 3.05) is 31.5 Å². The number of amides is 2. The summed E-state index contributed by atoms with van der Waals surface area (Å²) >= 11 is 0. The molecule has 0 bridgehead atoms. The molecule has 8 nitrogen and oxygen atoms in total. The Hall–Kier alpha value is -3.39. The first-order valence-corrected chi connectivity index (χ1v) is 13.3. The third-order valence-corrected chi connectivity index (χ3v) is 7.27. The first-order valence-electron chi connectivity index (χ1n) is 13.3. The molecular weight excluding hydrogens is 464 g/mol. The highest BCUT2D eigenvalue weighted by atomic mass is 16.2. The lowest BCUT2D eigenvalue weighted by molar-refractivity contribution is -0.121. The zero-order valence-electron chi connectivity index (χ0n) is 22.7. The van der Waals surface area contributed by atoms with E-state index >= 15 is 0 Å². The van der Waals surface area contributed by atoms with Crippen molar-refractivity contribution in [1.29, 1.82) is 0 Å². The van der Waals surface area contributed by atoms with Crippen molar-refractivity contribution in [1.82, 2.24) is 24.6 Å². The summed E-state index contributed by atoms with van der Waals surface area (Å²) in [5, 5.41) is 7.63. The first-order chi connectivity index (χ1) is 17.7. The molecule has 0 saturated carbocycles. The van der Waals surface area contributed by atoms with E-state index < -0.39 is 0 Å². The number of carbonyl (C=O) groups is 2. The second-order valence-corrected chi connectivity index (χ2v) is 10.8. The predicted molar refractivity (Wildman–Crippen MR) is 147 cm³/mol. The number of likely N-dealkylation sites (N-methyl/N-ethyl adjacent to an activating group) is 1. The third-order valence-electron chi connectivity index (χ3n) is 7.27. The van der Waals surface area contributed by atoms with E-state index in [4.69, 9.17) is 0 Å². The number of aromatic nitrogens is 3. The van der Waals surface area contributed by atoms with Crippen LogP contribution in [0.2, 0.25) is 0 Å². The van der Waals surface area contributed by atoms with E-state index in [0.717, 1.165) is 37.2 Å². The summed E-state index contributed by atoms with van der Waals surface area (Å²) in [4.78, 5) is 33.7. The van der Waals surface area contributed by atoms with Gasteiger partial charge in [0.15, 0.2) is 0 Å². The van der Waals surface area contributed by atoms with Gasteiger partial charge in [-0.15, -0.1) is 0 Å². The van der Waals surface area contributed by atoms with Crippen LogP contribution in [0, 0.1) is 0 Å². The Morgan fingerprint density at radius 3 is 2.41 bits per heavy atom. The zero-order valence-corrected chi connectivity index (χ0v) is 22.7. The average Bonchev–Trinajstić information content (AvgIpc) is 3.58. The van der Waals surface area contributed by atoms with Gasteiger partial charge in [-0.1, -0.05) is 65.0 Å². The van der Waals surface area contributed by atoms with Crippen LogP contribution in [0.5, 0.6) is 0 Å². The number of anilines is 1. The van der Waals surface area contributed by atoms with Crippen LogP contribution in [-0.2, 0) is 10.2 Å². The zero-order chi connectivity index (χ0) is 26.6. The molecular formula is C29H40N6O2. The molecule has 1 aliphatic heterocycles. The van der Waals surface area contributed by atoms with Crippen molar-refractivity contribution in [3.63, 3.8) is 0 Å². The molecule has 1 aromatic carbocycles. The molecule has 3 heterocycles. The minimum atomic E-state index is -0.360. The van der Waals surface area contributed by atoms with Crippen molar-refractivity contribution < 1.29 is 9.59 Å². The standard InChI is InChI=1S/C29H40N6O2/c1-6-33(7-2)26(21-11-9-8-10-12-21)27(36)32-23-19-31-35(20-23)24-13-15-34(16-14-24)28(37)22-17-25(30-18-22)29(3,4)5/h8-12,17-20,24,26,30H,6-7,13-16H2,1-5H3,(H,32,36). The van der Waals surface area contributed by atoms with Crippen LogP contribution in [0.15, 0.2) is 55.0 Å². The fourth-order valence-corrected chi connectivity index (χ4v) is 5.03. The second-order valence-electron chi connectivity index (χ2n) is 10.8. The van der Waals surface area contributed by atoms with E-state index in [9.17, 15) is 9.59 Å². The summed E-state index contributed by atoms with van der Waals surface area (Å²) in [6.45, 7) is 13.4. The summed E-state index contributed by atoms with van der Waals surface area (Å²) in [5.41, 5.74) is 3.43. The molecule has 2 aromatic heterocycles. The lowest BCUT2D eigenvalue weighted by atomic mass is 9.92. The van der Waals surface area contributed by atoms with Gasteiger partial charge >= 0.3 is 0 Å². The SMILES string of the molecule is CCN(CC)C(C(=O)Nc1cnn(C2CCN(C(=O)c3c[nH]c(C(C)(C)C)c3)CC2)c1)c1ccccc1. The number of H-pyrrole nitrogens is 1. The Bertz CT molecular complexity index is 1180. The maximum Gasteiger partial charge on any atom is 0.255 e. The van der Waals surface area contributed by atoms with Gasteiger partial charge in [-0.2, -0.15) is 5.10 Å². The van der Waals surface area contributed by atoms with Gasteiger partial charge < -0.3 is 15.2 Å². The summed E-state index contributed by atoms with van der Waals surface area (Å²) in [6.07, 6.45) is 7.09. The third kappa shape index (κ3) is 6.13. The minimum absolute atomic E-state index is 0.0226. The maximum atomic E-state index is 13.3. The van der Waals surface area contributed by atoms with Crippen LogP contribution in [0.4, 0.5) is 5.69 Å². The van der Waals surface area contributed by atoms with Crippen molar-refractivity contribution in [3.05, 3.63) is 71.8 Å². The highest BCUT2D eigenvalue weighted by Crippen LogP contribution is 2.27. The molecule has 198 valence electrons. The van der Waals surface area contributed by atoms with Gasteiger partial charge in [-0.05, 0) is 37.6 Å². The molecule has 8 heteroatoms. The number of aromatic amines is 1. The van der Waals surface area contributed by atoms with Gasteiger partial charge in [0, 0.05) is 36.6 Å². The smallest absolute Gasteiger partial charge is 0.255 e. The van der Waals surface area contributed by atoms with Gasteiger partial charge in [0.05, 0.1) is 23.5 Å². The van der Waals surface area contributed by atoms with E-state index in [1.165, 1.54) is 0 Å². The monoisotopic (exact) mass is 504 g/mol. The molecule has 0 radical (unpaired) electrons. The van der Waals surface area contributed by atoms with Gasteiger partial charge in [0.2, 0.25) is 5.91 Å². The first kappa shape index (κ1) is 26.7. The van der Waals surface area contributed by atoms with Crippen LogP contribution in [0.1, 0.15) is 81.2 Å². The van der Waals surface area contributed by atoms with Crippen molar-refractivity contribution >= 4 is 17.5 Å². The van der Waals surface area contributed by atoms with Crippen LogP contribution in [0.3, 0.4) is 0 Å². The maximum absolute atomic E-state index is 13.3. The number of carbonyl (C=O) groups excluding carboxylic acids is 2. The summed E-state index contributed by atoms with van der Waals surface area (Å²) in [7, 11) is 0. The number of nitrogens with zero attached hydrogens (tertiary/aromatic N) is 4. The van der Waals surface area contributed by atoms with E-state index in [0.29, 0.717) is 24.3 Å². The molecule has 1 aliphatic rings. The van der Waals surface area contributed by atoms with E-state index in [1.807, 2.05) is 58.4 Å². The summed E-state index contributed by atoms with van der Waals surface area (Å²) in [5.74, 6) is 0.0120. The summed E-state index contributed by atoms with van der Waals surface area (Å²) < 4.78 is 1.93. The molecule has 0 spiro atoms.